The molecule has 0 unspecified atom stereocenters. The van der Waals surface area contributed by atoms with E-state index in [1.54, 1.807) is 7.11 Å². The molecule has 1 aromatic heterocycles. The van der Waals surface area contributed by atoms with Gasteiger partial charge in [-0.25, -0.2) is 4.98 Å². The lowest BCUT2D eigenvalue weighted by Gasteiger charge is -2.13. The molecule has 0 saturated heterocycles. The Kier molecular flexibility index (Phi) is 5.69. The summed E-state index contributed by atoms with van der Waals surface area (Å²) in [6.45, 7) is 4.83. The van der Waals surface area contributed by atoms with Gasteiger partial charge in [-0.05, 0) is 31.5 Å². The van der Waals surface area contributed by atoms with E-state index in [4.69, 9.17) is 4.74 Å². The third-order valence-corrected chi connectivity index (χ3v) is 3.84. The number of hydrogen-bond donors (Lipinski definition) is 2. The van der Waals surface area contributed by atoms with Crippen molar-refractivity contribution in [3.8, 4) is 17.0 Å². The van der Waals surface area contributed by atoms with Gasteiger partial charge in [0.05, 0.1) is 12.8 Å². The van der Waals surface area contributed by atoms with Crippen LogP contribution >= 0.6 is 0 Å². The molecule has 0 spiro atoms. The molecule has 1 heterocycles. The van der Waals surface area contributed by atoms with Crippen LogP contribution in [0.5, 0.6) is 5.75 Å². The molecule has 5 heteroatoms. The van der Waals surface area contributed by atoms with E-state index in [0.717, 1.165) is 28.4 Å². The molecule has 0 bridgehead atoms. The minimum atomic E-state index is 0.294. The highest BCUT2D eigenvalue weighted by atomic mass is 16.5. The SMILES string of the molecule is COc1ccc(CNc2nc(NC(C)C)cc(-c3ccccc3)n2)cc1. The third kappa shape index (κ3) is 4.72. The summed E-state index contributed by atoms with van der Waals surface area (Å²) >= 11 is 0. The van der Waals surface area contributed by atoms with Crippen LogP contribution in [0.2, 0.25) is 0 Å². The molecule has 3 aromatic rings. The molecule has 0 radical (unpaired) electrons. The Morgan fingerprint density at radius 2 is 1.69 bits per heavy atom. The number of nitrogens with one attached hydrogen (secondary N) is 2. The van der Waals surface area contributed by atoms with Gasteiger partial charge in [0.25, 0.3) is 0 Å². The Balaban J connectivity index is 1.82. The van der Waals surface area contributed by atoms with E-state index in [2.05, 4.69) is 46.6 Å². The van der Waals surface area contributed by atoms with Gasteiger partial charge in [-0.2, -0.15) is 4.98 Å². The first-order valence-electron chi connectivity index (χ1n) is 8.72. The Morgan fingerprint density at radius 1 is 0.962 bits per heavy atom. The first-order chi connectivity index (χ1) is 12.6. The Bertz CT molecular complexity index is 832. The smallest absolute Gasteiger partial charge is 0.225 e. The van der Waals surface area contributed by atoms with Gasteiger partial charge in [-0.3, -0.25) is 0 Å². The summed E-state index contributed by atoms with van der Waals surface area (Å²) in [6, 6.07) is 20.4. The zero-order valence-corrected chi connectivity index (χ0v) is 15.4. The minimum Gasteiger partial charge on any atom is -0.497 e. The van der Waals surface area contributed by atoms with Crippen LogP contribution in [0, 0.1) is 0 Å². The Morgan fingerprint density at radius 3 is 2.35 bits per heavy atom. The van der Waals surface area contributed by atoms with E-state index in [1.165, 1.54) is 0 Å². The lowest BCUT2D eigenvalue weighted by atomic mass is 10.1. The number of aromatic nitrogens is 2. The highest BCUT2D eigenvalue weighted by Crippen LogP contribution is 2.22. The molecular formula is C21H24N4O. The number of anilines is 2. The zero-order chi connectivity index (χ0) is 18.4. The predicted octanol–water partition coefficient (Wildman–Crippen LogP) is 4.58. The van der Waals surface area contributed by atoms with Crippen molar-refractivity contribution in [1.82, 2.24) is 9.97 Å². The van der Waals surface area contributed by atoms with Crippen molar-refractivity contribution >= 4 is 11.8 Å². The zero-order valence-electron chi connectivity index (χ0n) is 15.4. The monoisotopic (exact) mass is 348 g/mol. The van der Waals surface area contributed by atoms with Crippen molar-refractivity contribution in [2.75, 3.05) is 17.7 Å². The molecule has 0 aliphatic heterocycles. The van der Waals surface area contributed by atoms with Crippen molar-refractivity contribution < 1.29 is 4.74 Å². The van der Waals surface area contributed by atoms with Crippen molar-refractivity contribution in [2.24, 2.45) is 0 Å². The van der Waals surface area contributed by atoms with Gasteiger partial charge in [-0.1, -0.05) is 42.5 Å². The van der Waals surface area contributed by atoms with E-state index >= 15 is 0 Å². The largest absolute Gasteiger partial charge is 0.497 e. The lowest BCUT2D eigenvalue weighted by Crippen LogP contribution is -2.13. The lowest BCUT2D eigenvalue weighted by molar-refractivity contribution is 0.414. The van der Waals surface area contributed by atoms with Gasteiger partial charge in [0.15, 0.2) is 0 Å². The molecule has 0 amide bonds. The molecule has 26 heavy (non-hydrogen) atoms. The molecule has 0 aliphatic carbocycles. The van der Waals surface area contributed by atoms with Gasteiger partial charge >= 0.3 is 0 Å². The van der Waals surface area contributed by atoms with E-state index in [9.17, 15) is 0 Å². The van der Waals surface area contributed by atoms with Gasteiger partial charge in [-0.15, -0.1) is 0 Å². The second-order valence-corrected chi connectivity index (χ2v) is 6.33. The van der Waals surface area contributed by atoms with E-state index in [-0.39, 0.29) is 0 Å². The normalized spacial score (nSPS) is 10.6. The molecule has 0 aliphatic rings. The number of rotatable bonds is 7. The van der Waals surface area contributed by atoms with E-state index in [0.29, 0.717) is 18.5 Å². The maximum absolute atomic E-state index is 5.20. The molecule has 3 rings (SSSR count). The summed E-state index contributed by atoms with van der Waals surface area (Å²) in [5.74, 6) is 2.26. The van der Waals surface area contributed by atoms with Crippen molar-refractivity contribution in [3.63, 3.8) is 0 Å². The second-order valence-electron chi connectivity index (χ2n) is 6.33. The molecule has 134 valence electrons. The van der Waals surface area contributed by atoms with E-state index in [1.807, 2.05) is 48.5 Å². The topological polar surface area (TPSA) is 59.1 Å². The molecule has 0 saturated carbocycles. The van der Waals surface area contributed by atoms with Gasteiger partial charge < -0.3 is 15.4 Å². The van der Waals surface area contributed by atoms with Gasteiger partial charge in [0, 0.05) is 24.2 Å². The summed E-state index contributed by atoms with van der Waals surface area (Å²) in [5.41, 5.74) is 3.09. The quantitative estimate of drug-likeness (QED) is 0.654. The predicted molar refractivity (Wildman–Crippen MR) is 107 cm³/mol. The first-order valence-corrected chi connectivity index (χ1v) is 8.72. The summed E-state index contributed by atoms with van der Waals surface area (Å²) in [4.78, 5) is 9.26. The summed E-state index contributed by atoms with van der Waals surface area (Å²) in [7, 11) is 1.67. The van der Waals surface area contributed by atoms with Gasteiger partial charge in [0.2, 0.25) is 5.95 Å². The van der Waals surface area contributed by atoms with Crippen molar-refractivity contribution in [3.05, 3.63) is 66.2 Å². The van der Waals surface area contributed by atoms with Crippen LogP contribution in [-0.2, 0) is 6.54 Å². The maximum atomic E-state index is 5.20. The van der Waals surface area contributed by atoms with Crippen molar-refractivity contribution in [2.45, 2.75) is 26.4 Å². The number of benzene rings is 2. The van der Waals surface area contributed by atoms with Crippen LogP contribution in [0.15, 0.2) is 60.7 Å². The standard InChI is InChI=1S/C21H24N4O/c1-15(2)23-20-13-19(17-7-5-4-6-8-17)24-21(25-20)22-14-16-9-11-18(26-3)12-10-16/h4-13,15H,14H2,1-3H3,(H2,22,23,24,25). The van der Waals surface area contributed by atoms with Crippen LogP contribution in [-0.4, -0.2) is 23.1 Å². The fourth-order valence-corrected chi connectivity index (χ4v) is 2.58. The molecule has 5 nitrogen and oxygen atoms in total. The number of hydrogen-bond acceptors (Lipinski definition) is 5. The highest BCUT2D eigenvalue weighted by molar-refractivity contribution is 5.64. The first kappa shape index (κ1) is 17.7. The minimum absolute atomic E-state index is 0.294. The fraction of sp³-hybridized carbons (Fsp3) is 0.238. The average Bonchev–Trinajstić information content (AvgIpc) is 2.67. The fourth-order valence-electron chi connectivity index (χ4n) is 2.58. The average molecular weight is 348 g/mol. The molecular weight excluding hydrogens is 324 g/mol. The van der Waals surface area contributed by atoms with Gasteiger partial charge in [0.1, 0.15) is 11.6 Å². The van der Waals surface area contributed by atoms with Crippen LogP contribution in [0.1, 0.15) is 19.4 Å². The molecule has 2 aromatic carbocycles. The van der Waals surface area contributed by atoms with Crippen LogP contribution in [0.25, 0.3) is 11.3 Å². The number of ether oxygens (including phenoxy) is 1. The van der Waals surface area contributed by atoms with Crippen LogP contribution in [0.4, 0.5) is 11.8 Å². The van der Waals surface area contributed by atoms with Crippen molar-refractivity contribution in [1.29, 1.82) is 0 Å². The highest BCUT2D eigenvalue weighted by Gasteiger charge is 2.08. The van der Waals surface area contributed by atoms with Crippen LogP contribution in [0.3, 0.4) is 0 Å². The molecule has 0 atom stereocenters. The molecule has 0 fully saturated rings. The Hall–Kier alpha value is -3.08. The molecule has 2 N–H and O–H groups in total. The second kappa shape index (κ2) is 8.34. The third-order valence-electron chi connectivity index (χ3n) is 3.84. The Labute approximate surface area is 154 Å². The summed E-state index contributed by atoms with van der Waals surface area (Å²) in [6.07, 6.45) is 0. The number of nitrogens with zero attached hydrogens (tertiary/aromatic N) is 2. The summed E-state index contributed by atoms with van der Waals surface area (Å²) in [5, 5.41) is 6.68. The maximum Gasteiger partial charge on any atom is 0.225 e. The number of methoxy groups -OCH3 is 1. The van der Waals surface area contributed by atoms with E-state index < -0.39 is 0 Å². The van der Waals surface area contributed by atoms with Crippen LogP contribution < -0.4 is 15.4 Å². The summed E-state index contributed by atoms with van der Waals surface area (Å²) < 4.78 is 5.20.